The van der Waals surface area contributed by atoms with Crippen LogP contribution >= 0.6 is 11.6 Å². The van der Waals surface area contributed by atoms with Crippen LogP contribution < -0.4 is 0 Å². The molecule has 0 saturated carbocycles. The third kappa shape index (κ3) is 2.77. The molecule has 4 heteroatoms. The van der Waals surface area contributed by atoms with Crippen LogP contribution in [0.25, 0.3) is 11.1 Å². The predicted molar refractivity (Wildman–Crippen MR) is 78.9 cm³/mol. The fourth-order valence-corrected chi connectivity index (χ4v) is 3.12. The standard InChI is InChI=1S/C15H14ClF2S/c1-3-19(2)13-9-8-12(17)14(15(13)18)10-6-4-5-7-11(10)16/h4-9H,3H2,1-2H3/q+1. The van der Waals surface area contributed by atoms with Gasteiger partial charge < -0.3 is 0 Å². The summed E-state index contributed by atoms with van der Waals surface area (Å²) in [7, 11) is -0.236. The summed E-state index contributed by atoms with van der Waals surface area (Å²) in [4.78, 5) is 0.554. The predicted octanol–water partition coefficient (Wildman–Crippen LogP) is 4.91. The lowest BCUT2D eigenvalue weighted by molar-refractivity contribution is 0.571. The Labute approximate surface area is 119 Å². The third-order valence-corrected chi connectivity index (χ3v) is 5.27. The average Bonchev–Trinajstić information content (AvgIpc) is 2.40. The zero-order chi connectivity index (χ0) is 14.0. The van der Waals surface area contributed by atoms with Crippen molar-refractivity contribution in [2.45, 2.75) is 11.8 Å². The fraction of sp³-hybridized carbons (Fsp3) is 0.200. The van der Waals surface area contributed by atoms with E-state index in [-0.39, 0.29) is 16.5 Å². The zero-order valence-corrected chi connectivity index (χ0v) is 12.3. The van der Waals surface area contributed by atoms with E-state index in [1.807, 2.05) is 13.2 Å². The van der Waals surface area contributed by atoms with Crippen LogP contribution in [-0.2, 0) is 10.9 Å². The highest BCUT2D eigenvalue weighted by molar-refractivity contribution is 7.96. The number of hydrogen-bond donors (Lipinski definition) is 0. The molecule has 0 aliphatic carbocycles. The van der Waals surface area contributed by atoms with E-state index in [0.717, 1.165) is 5.75 Å². The molecular weight excluding hydrogens is 286 g/mol. The Morgan fingerprint density at radius 3 is 2.42 bits per heavy atom. The highest BCUT2D eigenvalue weighted by Crippen LogP contribution is 2.34. The molecule has 2 aromatic carbocycles. The Bertz CT molecular complexity index is 599. The summed E-state index contributed by atoms with van der Waals surface area (Å²) in [5, 5.41) is 0.352. The maximum absolute atomic E-state index is 14.5. The van der Waals surface area contributed by atoms with Gasteiger partial charge in [-0.1, -0.05) is 29.8 Å². The number of hydrogen-bond acceptors (Lipinski definition) is 0. The van der Waals surface area contributed by atoms with Crippen LogP contribution in [0.5, 0.6) is 0 Å². The highest BCUT2D eigenvalue weighted by Gasteiger charge is 2.25. The van der Waals surface area contributed by atoms with Crippen molar-refractivity contribution in [1.82, 2.24) is 0 Å². The minimum absolute atomic E-state index is 0.0316. The van der Waals surface area contributed by atoms with Crippen molar-refractivity contribution in [3.05, 3.63) is 53.1 Å². The maximum atomic E-state index is 14.5. The van der Waals surface area contributed by atoms with E-state index in [2.05, 4.69) is 0 Å². The summed E-state index contributed by atoms with van der Waals surface area (Å²) >= 11 is 6.04. The molecule has 0 nitrogen and oxygen atoms in total. The molecular formula is C15H14ClF2S+. The van der Waals surface area contributed by atoms with Gasteiger partial charge in [-0.15, -0.1) is 0 Å². The molecule has 0 spiro atoms. The van der Waals surface area contributed by atoms with Gasteiger partial charge in [0.15, 0.2) is 10.7 Å². The first kappa shape index (κ1) is 14.4. The summed E-state index contributed by atoms with van der Waals surface area (Å²) in [6.07, 6.45) is 1.95. The molecule has 19 heavy (non-hydrogen) atoms. The lowest BCUT2D eigenvalue weighted by Crippen LogP contribution is -2.07. The van der Waals surface area contributed by atoms with Crippen molar-refractivity contribution in [1.29, 1.82) is 0 Å². The highest BCUT2D eigenvalue weighted by atomic mass is 35.5. The van der Waals surface area contributed by atoms with Gasteiger partial charge in [0.05, 0.1) is 5.56 Å². The lowest BCUT2D eigenvalue weighted by Gasteiger charge is -2.10. The Hall–Kier alpha value is -1.06. The average molecular weight is 300 g/mol. The molecule has 0 bridgehead atoms. The molecule has 0 amide bonds. The molecule has 0 aliphatic rings. The Morgan fingerprint density at radius 1 is 1.11 bits per heavy atom. The van der Waals surface area contributed by atoms with Crippen LogP contribution in [0.4, 0.5) is 8.78 Å². The molecule has 2 aromatic rings. The number of halogens is 3. The second kappa shape index (κ2) is 5.93. The molecule has 1 unspecified atom stereocenters. The molecule has 100 valence electrons. The molecule has 2 rings (SSSR count). The van der Waals surface area contributed by atoms with Gasteiger partial charge in [0.1, 0.15) is 17.8 Å². The monoisotopic (exact) mass is 299 g/mol. The molecule has 0 aliphatic heterocycles. The van der Waals surface area contributed by atoms with E-state index in [1.54, 1.807) is 24.3 Å². The van der Waals surface area contributed by atoms with Gasteiger partial charge in [0.25, 0.3) is 0 Å². The van der Waals surface area contributed by atoms with Crippen LogP contribution in [0.2, 0.25) is 5.02 Å². The smallest absolute Gasteiger partial charge is 0.191 e. The van der Waals surface area contributed by atoms with Gasteiger partial charge in [-0.25, -0.2) is 8.78 Å². The first-order valence-corrected chi connectivity index (χ1v) is 8.09. The van der Waals surface area contributed by atoms with E-state index in [0.29, 0.717) is 15.5 Å². The van der Waals surface area contributed by atoms with Gasteiger partial charge in [-0.05, 0) is 25.1 Å². The number of rotatable bonds is 3. The van der Waals surface area contributed by atoms with Crippen LogP contribution in [0.1, 0.15) is 6.92 Å². The summed E-state index contributed by atoms with van der Waals surface area (Å²) < 4.78 is 28.5. The summed E-state index contributed by atoms with van der Waals surface area (Å²) in [6.45, 7) is 1.99. The Kier molecular flexibility index (Phi) is 4.48. The van der Waals surface area contributed by atoms with Crippen LogP contribution in [0, 0.1) is 11.6 Å². The van der Waals surface area contributed by atoms with Crippen molar-refractivity contribution in [2.75, 3.05) is 12.0 Å². The molecule has 0 N–H and O–H groups in total. The minimum Gasteiger partial charge on any atom is -0.206 e. The first-order valence-electron chi connectivity index (χ1n) is 5.91. The van der Waals surface area contributed by atoms with Crippen molar-refractivity contribution in [2.24, 2.45) is 0 Å². The molecule has 0 heterocycles. The van der Waals surface area contributed by atoms with E-state index in [4.69, 9.17) is 11.6 Å². The third-order valence-electron chi connectivity index (χ3n) is 3.01. The van der Waals surface area contributed by atoms with E-state index >= 15 is 0 Å². The molecule has 0 saturated heterocycles. The summed E-state index contributed by atoms with van der Waals surface area (Å²) in [6, 6.07) is 9.56. The van der Waals surface area contributed by atoms with Crippen LogP contribution in [-0.4, -0.2) is 12.0 Å². The van der Waals surface area contributed by atoms with Gasteiger partial charge in [0.2, 0.25) is 0 Å². The number of benzene rings is 2. The van der Waals surface area contributed by atoms with Crippen molar-refractivity contribution in [3.8, 4) is 11.1 Å². The SMILES string of the molecule is CC[S+](C)c1ccc(F)c(-c2ccccc2Cl)c1F. The minimum atomic E-state index is -0.581. The van der Waals surface area contributed by atoms with Crippen LogP contribution in [0.3, 0.4) is 0 Å². The summed E-state index contributed by atoms with van der Waals surface area (Å²) in [5.74, 6) is -0.256. The van der Waals surface area contributed by atoms with E-state index in [1.165, 1.54) is 12.1 Å². The van der Waals surface area contributed by atoms with Crippen molar-refractivity contribution < 1.29 is 8.78 Å². The van der Waals surface area contributed by atoms with Crippen LogP contribution in [0.15, 0.2) is 41.3 Å². The largest absolute Gasteiger partial charge is 0.206 e. The van der Waals surface area contributed by atoms with Crippen molar-refractivity contribution in [3.63, 3.8) is 0 Å². The molecule has 1 atom stereocenters. The lowest BCUT2D eigenvalue weighted by atomic mass is 10.0. The fourth-order valence-electron chi connectivity index (χ4n) is 1.87. The van der Waals surface area contributed by atoms with Gasteiger partial charge in [-0.2, -0.15) is 0 Å². The first-order chi connectivity index (χ1) is 9.06. The zero-order valence-electron chi connectivity index (χ0n) is 10.7. The van der Waals surface area contributed by atoms with E-state index < -0.39 is 11.6 Å². The molecule has 0 radical (unpaired) electrons. The van der Waals surface area contributed by atoms with Gasteiger partial charge in [-0.3, -0.25) is 0 Å². The van der Waals surface area contributed by atoms with Gasteiger partial charge >= 0.3 is 0 Å². The Morgan fingerprint density at radius 2 is 1.79 bits per heavy atom. The van der Waals surface area contributed by atoms with E-state index in [9.17, 15) is 8.78 Å². The Balaban J connectivity index is 2.67. The second-order valence-corrected chi connectivity index (χ2v) is 6.84. The second-order valence-electron chi connectivity index (χ2n) is 4.14. The maximum Gasteiger partial charge on any atom is 0.191 e. The molecule has 0 aromatic heterocycles. The molecule has 0 fully saturated rings. The topological polar surface area (TPSA) is 0 Å². The normalized spacial score (nSPS) is 12.5. The van der Waals surface area contributed by atoms with Gasteiger partial charge in [0, 0.05) is 21.5 Å². The summed E-state index contributed by atoms with van der Waals surface area (Å²) in [5.41, 5.74) is 0.366. The quantitative estimate of drug-likeness (QED) is 0.706. The van der Waals surface area contributed by atoms with Crippen molar-refractivity contribution >= 4 is 22.5 Å².